The zero-order valence-electron chi connectivity index (χ0n) is 22.6. The summed E-state index contributed by atoms with van der Waals surface area (Å²) in [6, 6.07) is 14.0. The van der Waals surface area contributed by atoms with Crippen molar-refractivity contribution in [3.8, 4) is 0 Å². The van der Waals surface area contributed by atoms with Gasteiger partial charge in [0, 0.05) is 34.1 Å². The number of aromatic amines is 1. The number of hydrogen-bond donors (Lipinski definition) is 2. The molecule has 4 fully saturated rings. The first kappa shape index (κ1) is 25.6. The third-order valence-corrected chi connectivity index (χ3v) is 10.1. The number of amides is 2. The van der Waals surface area contributed by atoms with E-state index in [9.17, 15) is 14.4 Å². The Kier molecular flexibility index (Phi) is 6.19. The van der Waals surface area contributed by atoms with E-state index >= 15 is 0 Å². The van der Waals surface area contributed by atoms with Crippen molar-refractivity contribution >= 4 is 40.3 Å². The second-order valence-corrected chi connectivity index (χ2v) is 12.7. The fourth-order valence-electron chi connectivity index (χ4n) is 8.73. The highest BCUT2D eigenvalue weighted by Gasteiger charge is 2.51. The van der Waals surface area contributed by atoms with Gasteiger partial charge >= 0.3 is 5.97 Å². The lowest BCUT2D eigenvalue weighted by Gasteiger charge is -2.56. The predicted molar refractivity (Wildman–Crippen MR) is 152 cm³/mol. The van der Waals surface area contributed by atoms with E-state index in [1.54, 1.807) is 4.90 Å². The molecular weight excluding hydrogens is 526 g/mol. The van der Waals surface area contributed by atoms with Crippen LogP contribution in [-0.2, 0) is 20.7 Å². The number of benzene rings is 2. The first-order chi connectivity index (χ1) is 19.4. The number of carbonyl (C=O) groups excluding carboxylic acids is 3. The lowest BCUT2D eigenvalue weighted by Crippen LogP contribution is -2.59. The first-order valence-corrected chi connectivity index (χ1v) is 14.9. The van der Waals surface area contributed by atoms with Crippen LogP contribution in [0.25, 0.3) is 10.9 Å². The number of esters is 1. The Balaban J connectivity index is 1.23. The highest BCUT2D eigenvalue weighted by Crippen LogP contribution is 2.55. The van der Waals surface area contributed by atoms with E-state index in [1.165, 1.54) is 26.4 Å². The largest absolute Gasteiger partial charge is 0.467 e. The fraction of sp³-hybridized carbons (Fsp3) is 0.469. The molecule has 5 aliphatic rings. The summed E-state index contributed by atoms with van der Waals surface area (Å²) < 4.78 is 5.13. The Hall–Kier alpha value is -3.32. The molecule has 208 valence electrons. The van der Waals surface area contributed by atoms with Gasteiger partial charge in [-0.25, -0.2) is 4.79 Å². The van der Waals surface area contributed by atoms with Crippen molar-refractivity contribution in [1.82, 2.24) is 15.2 Å². The molecule has 2 heterocycles. The van der Waals surface area contributed by atoms with Crippen LogP contribution < -0.4 is 5.32 Å². The molecule has 4 bridgehead atoms. The standard InChI is InChI=1S/C32H34ClN3O4/c1-40-31(39)26-13-24-23-4-2-3-5-25(23)34-28(24)29(36(26)27(37)17-33)21-6-8-22(9-7-21)30(38)35-32-14-18-10-19(15-32)12-20(11-18)16-32/h2-9,18-20,26,29,34H,10-17H2,1H3,(H,35,38)/t18?,19?,20?,26-,29+,32?/m1/s1. The molecule has 2 amide bonds. The molecule has 4 saturated carbocycles. The number of aromatic nitrogens is 1. The average Bonchev–Trinajstić information content (AvgIpc) is 3.33. The molecule has 8 rings (SSSR count). The van der Waals surface area contributed by atoms with Crippen LogP contribution >= 0.6 is 11.6 Å². The van der Waals surface area contributed by atoms with Gasteiger partial charge in [-0.05, 0) is 85.6 Å². The molecule has 0 unspecified atom stereocenters. The maximum absolute atomic E-state index is 13.5. The second kappa shape index (κ2) is 9.65. The number of methoxy groups -OCH3 is 1. The molecule has 7 nitrogen and oxygen atoms in total. The Morgan fingerprint density at radius 2 is 1.65 bits per heavy atom. The number of fused-ring (bicyclic) bond motifs is 3. The van der Waals surface area contributed by atoms with Gasteiger partial charge in [0.05, 0.1) is 13.2 Å². The summed E-state index contributed by atoms with van der Waals surface area (Å²) in [5.74, 6) is 1.12. The molecule has 0 spiro atoms. The Bertz CT molecular complexity index is 1460. The normalized spacial score (nSPS) is 30.2. The topological polar surface area (TPSA) is 91.5 Å². The number of nitrogens with zero attached hydrogens (tertiary/aromatic N) is 1. The van der Waals surface area contributed by atoms with Gasteiger partial charge in [0.1, 0.15) is 11.9 Å². The summed E-state index contributed by atoms with van der Waals surface area (Å²) in [6.45, 7) is 0. The zero-order chi connectivity index (χ0) is 27.6. The second-order valence-electron chi connectivity index (χ2n) is 12.4. The number of hydrogen-bond acceptors (Lipinski definition) is 4. The van der Waals surface area contributed by atoms with Crippen LogP contribution in [0.4, 0.5) is 0 Å². The van der Waals surface area contributed by atoms with Crippen LogP contribution in [0, 0.1) is 17.8 Å². The van der Waals surface area contributed by atoms with Gasteiger partial charge in [-0.3, -0.25) is 9.59 Å². The van der Waals surface area contributed by atoms with E-state index in [0.29, 0.717) is 12.0 Å². The lowest BCUT2D eigenvalue weighted by atomic mass is 9.53. The third kappa shape index (κ3) is 4.12. The van der Waals surface area contributed by atoms with Gasteiger partial charge in [0.25, 0.3) is 5.91 Å². The SMILES string of the molecule is COC(=O)[C@H]1Cc2c([nH]c3ccccc23)[C@H](c2ccc(C(=O)NC34CC5CC(CC(C5)C3)C4)cc2)N1C(=O)CCl. The predicted octanol–water partition coefficient (Wildman–Crippen LogP) is 5.12. The number of carbonyl (C=O) groups is 3. The van der Waals surface area contributed by atoms with Crippen molar-refractivity contribution in [2.45, 2.75) is 62.6 Å². The molecular formula is C32H34ClN3O4. The summed E-state index contributed by atoms with van der Waals surface area (Å²) in [5, 5.41) is 4.47. The van der Waals surface area contributed by atoms with Crippen molar-refractivity contribution in [1.29, 1.82) is 0 Å². The highest BCUT2D eigenvalue weighted by molar-refractivity contribution is 6.27. The number of para-hydroxylation sites is 1. The molecule has 1 aliphatic heterocycles. The molecule has 8 heteroatoms. The van der Waals surface area contributed by atoms with Gasteiger partial charge < -0.3 is 19.9 Å². The smallest absolute Gasteiger partial charge is 0.328 e. The maximum Gasteiger partial charge on any atom is 0.328 e. The number of H-pyrrole nitrogens is 1. The fourth-order valence-corrected chi connectivity index (χ4v) is 8.86. The minimum absolute atomic E-state index is 0.0374. The van der Waals surface area contributed by atoms with Crippen molar-refractivity contribution < 1.29 is 19.1 Å². The van der Waals surface area contributed by atoms with Crippen LogP contribution in [0.1, 0.15) is 71.7 Å². The summed E-state index contributed by atoms with van der Waals surface area (Å²) in [5.41, 5.74) is 4.11. The molecule has 4 aliphatic carbocycles. The number of nitrogens with one attached hydrogen (secondary N) is 2. The van der Waals surface area contributed by atoms with Gasteiger partial charge in [-0.2, -0.15) is 0 Å². The van der Waals surface area contributed by atoms with Crippen LogP contribution in [0.5, 0.6) is 0 Å². The molecule has 2 aromatic carbocycles. The number of alkyl halides is 1. The number of halogens is 1. The molecule has 2 atom stereocenters. The molecule has 2 N–H and O–H groups in total. The van der Waals surface area contributed by atoms with Gasteiger partial charge in [0.15, 0.2) is 0 Å². The summed E-state index contributed by atoms with van der Waals surface area (Å²) in [6.07, 6.45) is 7.59. The van der Waals surface area contributed by atoms with E-state index in [2.05, 4.69) is 10.3 Å². The molecule has 40 heavy (non-hydrogen) atoms. The number of rotatable bonds is 5. The lowest BCUT2D eigenvalue weighted by molar-refractivity contribution is -0.154. The zero-order valence-corrected chi connectivity index (χ0v) is 23.4. The van der Waals surface area contributed by atoms with Crippen molar-refractivity contribution in [3.05, 3.63) is 70.9 Å². The van der Waals surface area contributed by atoms with E-state index in [-0.39, 0.29) is 23.2 Å². The van der Waals surface area contributed by atoms with Crippen molar-refractivity contribution in [2.24, 2.45) is 17.8 Å². The van der Waals surface area contributed by atoms with Crippen molar-refractivity contribution in [2.75, 3.05) is 13.0 Å². The highest BCUT2D eigenvalue weighted by atomic mass is 35.5. The minimum atomic E-state index is -0.813. The minimum Gasteiger partial charge on any atom is -0.467 e. The summed E-state index contributed by atoms with van der Waals surface area (Å²) in [7, 11) is 1.34. The quantitative estimate of drug-likeness (QED) is 0.335. The van der Waals surface area contributed by atoms with E-state index in [0.717, 1.165) is 64.7 Å². The van der Waals surface area contributed by atoms with Crippen LogP contribution in [0.3, 0.4) is 0 Å². The van der Waals surface area contributed by atoms with Crippen LogP contribution in [0.2, 0.25) is 0 Å². The average molecular weight is 560 g/mol. The monoisotopic (exact) mass is 559 g/mol. The van der Waals surface area contributed by atoms with Gasteiger partial charge in [-0.15, -0.1) is 11.6 Å². The summed E-state index contributed by atoms with van der Waals surface area (Å²) >= 11 is 6.07. The van der Waals surface area contributed by atoms with Crippen LogP contribution in [0.15, 0.2) is 48.5 Å². The van der Waals surface area contributed by atoms with Gasteiger partial charge in [-0.1, -0.05) is 30.3 Å². The molecule has 3 aromatic rings. The van der Waals surface area contributed by atoms with E-state index < -0.39 is 18.1 Å². The molecule has 0 saturated heterocycles. The Morgan fingerprint density at radius 3 is 2.27 bits per heavy atom. The Labute approximate surface area is 238 Å². The van der Waals surface area contributed by atoms with E-state index in [1.807, 2.05) is 48.5 Å². The third-order valence-electron chi connectivity index (χ3n) is 9.91. The van der Waals surface area contributed by atoms with Gasteiger partial charge in [0.2, 0.25) is 5.91 Å². The Morgan fingerprint density at radius 1 is 1.00 bits per heavy atom. The summed E-state index contributed by atoms with van der Waals surface area (Å²) in [4.78, 5) is 44.7. The number of ether oxygens (including phenoxy) is 1. The molecule has 1 aromatic heterocycles. The van der Waals surface area contributed by atoms with Crippen molar-refractivity contribution in [3.63, 3.8) is 0 Å². The first-order valence-electron chi connectivity index (χ1n) is 14.3. The van der Waals surface area contributed by atoms with Crippen LogP contribution in [-0.4, -0.2) is 52.2 Å². The molecule has 0 radical (unpaired) electrons. The maximum atomic E-state index is 13.5. The van der Waals surface area contributed by atoms with E-state index in [4.69, 9.17) is 16.3 Å².